The van der Waals surface area contributed by atoms with Crippen molar-refractivity contribution in [3.8, 4) is 22.9 Å². The van der Waals surface area contributed by atoms with Crippen LogP contribution in [0.4, 0.5) is 0 Å². The van der Waals surface area contributed by atoms with Crippen LogP contribution in [-0.4, -0.2) is 35.3 Å². The maximum atomic E-state index is 6.25. The first-order chi connectivity index (χ1) is 12.1. The predicted octanol–water partition coefficient (Wildman–Crippen LogP) is 4.16. The number of hydrogen-bond acceptors (Lipinski definition) is 5. The van der Waals surface area contributed by atoms with Crippen LogP contribution >= 0.6 is 23.8 Å². The second kappa shape index (κ2) is 7.50. The van der Waals surface area contributed by atoms with Gasteiger partial charge in [0.15, 0.2) is 5.82 Å². The van der Waals surface area contributed by atoms with Crippen molar-refractivity contribution in [1.29, 1.82) is 0 Å². The fraction of sp³-hybridized carbons (Fsp3) is 0.118. The van der Waals surface area contributed by atoms with E-state index in [1.165, 1.54) is 4.68 Å². The first-order valence-corrected chi connectivity index (χ1v) is 8.11. The average Bonchev–Trinajstić information content (AvgIpc) is 3.00. The fourth-order valence-corrected chi connectivity index (χ4v) is 2.68. The summed E-state index contributed by atoms with van der Waals surface area (Å²) in [5.41, 5.74) is 1.47. The minimum Gasteiger partial charge on any atom is -0.497 e. The maximum absolute atomic E-state index is 6.25. The van der Waals surface area contributed by atoms with Gasteiger partial charge in [0.2, 0.25) is 4.77 Å². The lowest BCUT2D eigenvalue weighted by atomic mass is 10.2. The normalized spacial score (nSPS) is 11.0. The summed E-state index contributed by atoms with van der Waals surface area (Å²) in [4.78, 5) is 0. The Morgan fingerprint density at radius 3 is 2.72 bits per heavy atom. The van der Waals surface area contributed by atoms with Crippen LogP contribution in [0.2, 0.25) is 5.02 Å². The Kier molecular flexibility index (Phi) is 5.16. The van der Waals surface area contributed by atoms with E-state index in [4.69, 9.17) is 33.3 Å². The molecule has 1 aromatic heterocycles. The Morgan fingerprint density at radius 2 is 2.00 bits per heavy atom. The number of nitrogens with zero attached hydrogens (tertiary/aromatic N) is 3. The molecule has 0 radical (unpaired) electrons. The Hall–Kier alpha value is -2.64. The third kappa shape index (κ3) is 3.57. The van der Waals surface area contributed by atoms with E-state index in [1.54, 1.807) is 26.5 Å². The minimum atomic E-state index is 0.355. The number of halogens is 1. The third-order valence-corrected chi connectivity index (χ3v) is 4.11. The van der Waals surface area contributed by atoms with E-state index in [0.29, 0.717) is 27.1 Å². The third-order valence-electron chi connectivity index (χ3n) is 3.51. The van der Waals surface area contributed by atoms with Crippen LogP contribution in [0.5, 0.6) is 11.5 Å². The monoisotopic (exact) mass is 374 g/mol. The summed E-state index contributed by atoms with van der Waals surface area (Å²) in [7, 11) is 3.20. The lowest BCUT2D eigenvalue weighted by Crippen LogP contribution is -1.97. The van der Waals surface area contributed by atoms with E-state index in [1.807, 2.05) is 36.4 Å². The Morgan fingerprint density at radius 1 is 1.20 bits per heavy atom. The number of aromatic nitrogens is 3. The fourth-order valence-electron chi connectivity index (χ4n) is 2.28. The van der Waals surface area contributed by atoms with Gasteiger partial charge in [-0.25, -0.2) is 5.10 Å². The number of rotatable bonds is 5. The lowest BCUT2D eigenvalue weighted by Gasteiger charge is -2.07. The zero-order valence-electron chi connectivity index (χ0n) is 13.6. The summed E-state index contributed by atoms with van der Waals surface area (Å²) >= 11 is 11.5. The molecule has 25 heavy (non-hydrogen) atoms. The molecular weight excluding hydrogens is 360 g/mol. The number of ether oxygens (including phenoxy) is 2. The van der Waals surface area contributed by atoms with Gasteiger partial charge in [-0.15, -0.1) is 0 Å². The molecule has 3 rings (SSSR count). The molecule has 8 heteroatoms. The van der Waals surface area contributed by atoms with Gasteiger partial charge in [0.1, 0.15) is 11.5 Å². The molecule has 0 unspecified atom stereocenters. The largest absolute Gasteiger partial charge is 0.497 e. The van der Waals surface area contributed by atoms with Crippen molar-refractivity contribution >= 4 is 30.0 Å². The van der Waals surface area contributed by atoms with Gasteiger partial charge >= 0.3 is 0 Å². The first kappa shape index (κ1) is 17.2. The van der Waals surface area contributed by atoms with E-state index in [9.17, 15) is 0 Å². The van der Waals surface area contributed by atoms with E-state index in [0.717, 1.165) is 11.1 Å². The summed E-state index contributed by atoms with van der Waals surface area (Å²) in [5.74, 6) is 1.89. The molecule has 1 N–H and O–H groups in total. The Bertz CT molecular complexity index is 981. The molecule has 6 nitrogen and oxygen atoms in total. The van der Waals surface area contributed by atoms with Crippen LogP contribution in [0.25, 0.3) is 11.4 Å². The molecule has 0 saturated heterocycles. The maximum Gasteiger partial charge on any atom is 0.216 e. The molecule has 0 spiro atoms. The second-order valence-corrected chi connectivity index (χ2v) is 5.79. The van der Waals surface area contributed by atoms with Gasteiger partial charge in [-0.1, -0.05) is 23.7 Å². The van der Waals surface area contributed by atoms with Gasteiger partial charge in [-0.3, -0.25) is 0 Å². The highest BCUT2D eigenvalue weighted by molar-refractivity contribution is 7.71. The highest BCUT2D eigenvalue weighted by Crippen LogP contribution is 2.26. The van der Waals surface area contributed by atoms with Crippen molar-refractivity contribution in [3.05, 3.63) is 57.8 Å². The van der Waals surface area contributed by atoms with Gasteiger partial charge < -0.3 is 9.47 Å². The zero-order chi connectivity index (χ0) is 17.8. The number of hydrogen-bond donors (Lipinski definition) is 1. The van der Waals surface area contributed by atoms with E-state index in [2.05, 4.69) is 15.3 Å². The molecule has 2 aromatic carbocycles. The quantitative estimate of drug-likeness (QED) is 0.538. The van der Waals surface area contributed by atoms with Crippen molar-refractivity contribution in [2.24, 2.45) is 5.10 Å². The van der Waals surface area contributed by atoms with Crippen LogP contribution in [0.3, 0.4) is 0 Å². The Balaban J connectivity index is 2.05. The summed E-state index contributed by atoms with van der Waals surface area (Å²) in [6.07, 6.45) is 1.63. The summed E-state index contributed by atoms with van der Waals surface area (Å²) in [6.45, 7) is 0. The number of H-pyrrole nitrogens is 1. The molecule has 1 heterocycles. The number of aromatic amines is 1. The van der Waals surface area contributed by atoms with Crippen molar-refractivity contribution < 1.29 is 9.47 Å². The van der Waals surface area contributed by atoms with Gasteiger partial charge in [0.05, 0.1) is 25.5 Å². The van der Waals surface area contributed by atoms with E-state index < -0.39 is 0 Å². The highest BCUT2D eigenvalue weighted by atomic mass is 35.5. The summed E-state index contributed by atoms with van der Waals surface area (Å²) in [5, 5.41) is 12.0. The van der Waals surface area contributed by atoms with Gasteiger partial charge in [0, 0.05) is 11.1 Å². The lowest BCUT2D eigenvalue weighted by molar-refractivity contribution is 0.402. The molecule has 128 valence electrons. The number of nitrogens with one attached hydrogen (secondary N) is 1. The van der Waals surface area contributed by atoms with Crippen LogP contribution < -0.4 is 9.47 Å². The molecule has 0 fully saturated rings. The summed E-state index contributed by atoms with van der Waals surface area (Å²) < 4.78 is 12.5. The van der Waals surface area contributed by atoms with Gasteiger partial charge in [-0.05, 0) is 42.5 Å². The van der Waals surface area contributed by atoms with Crippen LogP contribution in [-0.2, 0) is 0 Å². The molecule has 0 amide bonds. The number of methoxy groups -OCH3 is 2. The predicted molar refractivity (Wildman–Crippen MR) is 100 cm³/mol. The SMILES string of the molecule is COc1ccc(OC)c(/C=N/n2c(-c3ccccc3Cl)n[nH]c2=S)c1. The second-order valence-electron chi connectivity index (χ2n) is 5.00. The molecular formula is C17H15ClN4O2S. The molecule has 0 aliphatic carbocycles. The smallest absolute Gasteiger partial charge is 0.216 e. The van der Waals surface area contributed by atoms with Crippen molar-refractivity contribution in [1.82, 2.24) is 14.9 Å². The standard InChI is InChI=1S/C17H15ClN4O2S/c1-23-12-7-8-15(24-2)11(9-12)10-19-22-16(20-21-17(22)25)13-5-3-4-6-14(13)18/h3-10H,1-2H3,(H,21,25)/b19-10+. The molecule has 0 bridgehead atoms. The van der Waals surface area contributed by atoms with Crippen LogP contribution in [0.15, 0.2) is 47.6 Å². The topological polar surface area (TPSA) is 64.4 Å². The molecule has 0 saturated carbocycles. The van der Waals surface area contributed by atoms with Crippen molar-refractivity contribution in [2.75, 3.05) is 14.2 Å². The zero-order valence-corrected chi connectivity index (χ0v) is 15.1. The summed E-state index contributed by atoms with van der Waals surface area (Å²) in [6, 6.07) is 12.8. The molecule has 0 aliphatic rings. The molecule has 0 atom stereocenters. The first-order valence-electron chi connectivity index (χ1n) is 7.32. The highest BCUT2D eigenvalue weighted by Gasteiger charge is 2.11. The van der Waals surface area contributed by atoms with E-state index >= 15 is 0 Å². The Labute approximate surface area is 154 Å². The van der Waals surface area contributed by atoms with Gasteiger partial charge in [0.25, 0.3) is 0 Å². The van der Waals surface area contributed by atoms with Crippen LogP contribution in [0.1, 0.15) is 5.56 Å². The van der Waals surface area contributed by atoms with Crippen molar-refractivity contribution in [2.45, 2.75) is 0 Å². The van der Waals surface area contributed by atoms with Crippen LogP contribution in [0, 0.1) is 4.77 Å². The average molecular weight is 375 g/mol. The minimum absolute atomic E-state index is 0.355. The number of benzene rings is 2. The molecule has 3 aromatic rings. The van der Waals surface area contributed by atoms with Gasteiger partial charge in [-0.2, -0.15) is 14.9 Å². The molecule has 0 aliphatic heterocycles. The van der Waals surface area contributed by atoms with Crippen molar-refractivity contribution in [3.63, 3.8) is 0 Å². The van der Waals surface area contributed by atoms with E-state index in [-0.39, 0.29) is 0 Å².